The normalized spacial score (nSPS) is 14.8. The minimum atomic E-state index is -0.457. The van der Waals surface area contributed by atoms with E-state index in [9.17, 15) is 4.79 Å². The van der Waals surface area contributed by atoms with Crippen molar-refractivity contribution in [2.75, 3.05) is 7.11 Å². The average molecular weight is 577 g/mol. The Labute approximate surface area is 247 Å². The van der Waals surface area contributed by atoms with Gasteiger partial charge in [-0.1, -0.05) is 59.8 Å². The van der Waals surface area contributed by atoms with Crippen molar-refractivity contribution >= 4 is 40.4 Å². The molecule has 1 aliphatic heterocycles. The first kappa shape index (κ1) is 27.3. The van der Waals surface area contributed by atoms with Gasteiger partial charge in [-0.15, -0.1) is 5.10 Å². The van der Waals surface area contributed by atoms with Crippen LogP contribution in [0.3, 0.4) is 0 Å². The van der Waals surface area contributed by atoms with Crippen LogP contribution in [0.5, 0.6) is 5.75 Å². The van der Waals surface area contributed by atoms with Gasteiger partial charge in [-0.05, 0) is 55.8 Å². The molecule has 42 heavy (non-hydrogen) atoms. The van der Waals surface area contributed by atoms with Crippen LogP contribution in [0.2, 0.25) is 0 Å². The Morgan fingerprint density at radius 2 is 1.62 bits per heavy atom. The fourth-order valence-corrected chi connectivity index (χ4v) is 5.75. The molecule has 0 bridgehead atoms. The molecule has 210 valence electrons. The summed E-state index contributed by atoms with van der Waals surface area (Å²) in [5, 5.41) is 14.5. The maximum absolute atomic E-state index is 12.0. The Hall–Kier alpha value is -4.83. The van der Waals surface area contributed by atoms with Gasteiger partial charge in [0.1, 0.15) is 5.75 Å². The summed E-state index contributed by atoms with van der Waals surface area (Å²) in [6, 6.07) is 25.8. The van der Waals surface area contributed by atoms with Gasteiger partial charge in [0, 0.05) is 18.9 Å². The third kappa shape index (κ3) is 5.53. The molecule has 9 nitrogen and oxygen atoms in total. The van der Waals surface area contributed by atoms with Gasteiger partial charge in [0.25, 0.3) is 0 Å². The maximum atomic E-state index is 12.0. The van der Waals surface area contributed by atoms with Crippen LogP contribution in [0.15, 0.2) is 94.2 Å². The molecule has 0 spiro atoms. The highest BCUT2D eigenvalue weighted by Crippen LogP contribution is 2.35. The molecule has 3 aromatic carbocycles. The van der Waals surface area contributed by atoms with Crippen molar-refractivity contribution in [1.29, 1.82) is 0 Å². The summed E-state index contributed by atoms with van der Waals surface area (Å²) in [5.74, 6) is 0.523. The van der Waals surface area contributed by atoms with Crippen LogP contribution in [0.4, 0.5) is 0 Å². The van der Waals surface area contributed by atoms with E-state index in [-0.39, 0.29) is 11.1 Å². The number of ether oxygens (including phenoxy) is 2. The summed E-state index contributed by atoms with van der Waals surface area (Å²) >= 11 is 1.38. The Balaban J connectivity index is 1.46. The lowest BCUT2D eigenvalue weighted by Crippen LogP contribution is -2.29. The number of benzene rings is 3. The second-order valence-electron chi connectivity index (χ2n) is 9.87. The first-order chi connectivity index (χ1) is 20.4. The highest BCUT2D eigenvalue weighted by atomic mass is 32.2. The molecule has 5 aromatic rings. The Bertz CT molecular complexity index is 1830. The first-order valence-electron chi connectivity index (χ1n) is 13.4. The molecule has 1 atom stereocenters. The molecule has 0 saturated heterocycles. The van der Waals surface area contributed by atoms with E-state index in [1.165, 1.54) is 18.7 Å². The lowest BCUT2D eigenvalue weighted by atomic mass is 10.0. The number of carbonyl (C=O) groups excluding carboxylic acids is 1. The minimum absolute atomic E-state index is 0.228. The van der Waals surface area contributed by atoms with Crippen molar-refractivity contribution in [3.8, 4) is 22.7 Å². The molecule has 0 N–H and O–H groups in total. The van der Waals surface area contributed by atoms with E-state index in [0.717, 1.165) is 50.6 Å². The molecule has 0 amide bonds. The lowest BCUT2D eigenvalue weighted by molar-refractivity contribution is -0.133. The van der Waals surface area contributed by atoms with Gasteiger partial charge in [-0.3, -0.25) is 4.79 Å². The van der Waals surface area contributed by atoms with Crippen LogP contribution in [0.25, 0.3) is 28.0 Å². The van der Waals surface area contributed by atoms with Gasteiger partial charge in [0.05, 0.1) is 40.5 Å². The number of rotatable bonds is 6. The van der Waals surface area contributed by atoms with Crippen LogP contribution in [-0.2, 0) is 9.53 Å². The third-order valence-corrected chi connectivity index (χ3v) is 7.90. The number of nitrogens with zero attached hydrogens (tertiary/aromatic N) is 6. The molecule has 2 aromatic heterocycles. The van der Waals surface area contributed by atoms with E-state index in [0.29, 0.717) is 17.2 Å². The highest BCUT2D eigenvalue weighted by molar-refractivity contribution is 8.00. The number of carbonyl (C=O) groups is 1. The largest absolute Gasteiger partial charge is 0.497 e. The molecule has 0 saturated carbocycles. The second-order valence-corrected chi connectivity index (χ2v) is 11.0. The molecule has 10 heteroatoms. The van der Waals surface area contributed by atoms with Gasteiger partial charge < -0.3 is 9.47 Å². The summed E-state index contributed by atoms with van der Waals surface area (Å²) < 4.78 is 12.7. The maximum Gasteiger partial charge on any atom is 0.309 e. The number of hydrogen-bond donors (Lipinski definition) is 0. The van der Waals surface area contributed by atoms with E-state index in [1.54, 1.807) is 7.11 Å². The SMILES string of the molecule is COc1ccc(-c2nc(SC3CC(c4ccc(C)cc4)=NN=C3OC(C)=O)nc3c2c(C)nn3-c2ccccc2)cc1. The number of esters is 1. The number of para-hydroxylation sites is 1. The predicted octanol–water partition coefficient (Wildman–Crippen LogP) is 6.34. The van der Waals surface area contributed by atoms with Gasteiger partial charge in [-0.25, -0.2) is 14.6 Å². The monoisotopic (exact) mass is 576 g/mol. The molecular formula is C32H28N6O3S. The predicted molar refractivity (Wildman–Crippen MR) is 165 cm³/mol. The zero-order chi connectivity index (χ0) is 29.2. The van der Waals surface area contributed by atoms with Crippen molar-refractivity contribution in [3.05, 3.63) is 95.7 Å². The zero-order valence-corrected chi connectivity index (χ0v) is 24.4. The molecule has 0 radical (unpaired) electrons. The number of methoxy groups -OCH3 is 1. The number of hydrogen-bond acceptors (Lipinski definition) is 9. The van der Waals surface area contributed by atoms with E-state index < -0.39 is 5.97 Å². The first-order valence-corrected chi connectivity index (χ1v) is 14.3. The quantitative estimate of drug-likeness (QED) is 0.172. The average Bonchev–Trinajstić information content (AvgIpc) is 3.34. The number of aryl methyl sites for hydroxylation is 2. The smallest absolute Gasteiger partial charge is 0.309 e. The summed E-state index contributed by atoms with van der Waals surface area (Å²) in [7, 11) is 1.64. The molecule has 1 aliphatic rings. The summed E-state index contributed by atoms with van der Waals surface area (Å²) in [4.78, 5) is 22.0. The Morgan fingerprint density at radius 3 is 2.31 bits per heavy atom. The molecule has 6 rings (SSSR count). The zero-order valence-electron chi connectivity index (χ0n) is 23.6. The number of thioether (sulfide) groups is 1. The van der Waals surface area contributed by atoms with Crippen molar-refractivity contribution in [2.45, 2.75) is 37.6 Å². The van der Waals surface area contributed by atoms with Crippen molar-refractivity contribution in [1.82, 2.24) is 19.7 Å². The van der Waals surface area contributed by atoms with Crippen molar-refractivity contribution < 1.29 is 14.3 Å². The van der Waals surface area contributed by atoms with Crippen LogP contribution in [0, 0.1) is 13.8 Å². The fraction of sp³-hybridized carbons (Fsp3) is 0.188. The minimum Gasteiger partial charge on any atom is -0.497 e. The van der Waals surface area contributed by atoms with Crippen LogP contribution in [-0.4, -0.2) is 49.7 Å². The van der Waals surface area contributed by atoms with Crippen molar-refractivity contribution in [3.63, 3.8) is 0 Å². The fourth-order valence-electron chi connectivity index (χ4n) is 4.77. The lowest BCUT2D eigenvalue weighted by Gasteiger charge is -2.21. The highest BCUT2D eigenvalue weighted by Gasteiger charge is 2.30. The van der Waals surface area contributed by atoms with Gasteiger partial charge in [0.2, 0.25) is 5.90 Å². The second kappa shape index (κ2) is 11.6. The Kier molecular flexibility index (Phi) is 7.54. The molecule has 0 fully saturated rings. The Morgan fingerprint density at radius 1 is 0.905 bits per heavy atom. The van der Waals surface area contributed by atoms with Crippen LogP contribution < -0.4 is 4.74 Å². The summed E-state index contributed by atoms with van der Waals surface area (Å²) in [6.45, 7) is 5.36. The number of fused-ring (bicyclic) bond motifs is 1. The molecule has 0 aliphatic carbocycles. The van der Waals surface area contributed by atoms with E-state index in [1.807, 2.05) is 97.4 Å². The van der Waals surface area contributed by atoms with Gasteiger partial charge in [0.15, 0.2) is 10.8 Å². The summed E-state index contributed by atoms with van der Waals surface area (Å²) in [5.41, 5.74) is 6.94. The van der Waals surface area contributed by atoms with Gasteiger partial charge in [-0.2, -0.15) is 10.2 Å². The molecule has 1 unspecified atom stereocenters. The van der Waals surface area contributed by atoms with Gasteiger partial charge >= 0.3 is 5.97 Å². The van der Waals surface area contributed by atoms with E-state index in [4.69, 9.17) is 24.5 Å². The third-order valence-electron chi connectivity index (χ3n) is 6.85. The van der Waals surface area contributed by atoms with E-state index in [2.05, 4.69) is 10.2 Å². The summed E-state index contributed by atoms with van der Waals surface area (Å²) in [6.07, 6.45) is 0.482. The molecular weight excluding hydrogens is 548 g/mol. The van der Waals surface area contributed by atoms with E-state index >= 15 is 0 Å². The molecule has 3 heterocycles. The number of aromatic nitrogens is 4. The standard InChI is InChI=1S/C32H28N6O3S/c1-19-10-12-22(13-11-19)26-18-27(31(36-35-26)41-21(3)39)42-32-33-29(23-14-16-25(40-4)17-15-23)28-20(2)37-38(30(28)34-32)24-8-6-5-7-9-24/h5-17,27H,18H2,1-4H3. The van der Waals surface area contributed by atoms with Crippen LogP contribution >= 0.6 is 11.8 Å². The topological polar surface area (TPSA) is 104 Å². The van der Waals surface area contributed by atoms with Crippen molar-refractivity contribution in [2.24, 2.45) is 10.2 Å². The van der Waals surface area contributed by atoms with Crippen LogP contribution in [0.1, 0.15) is 30.2 Å².